The largest absolute Gasteiger partial charge is 0.573 e. The Morgan fingerprint density at radius 2 is 1.80 bits per heavy atom. The number of carbonyl (C=O) groups is 2. The van der Waals surface area contributed by atoms with Gasteiger partial charge in [-0.1, -0.05) is 12.1 Å². The molecule has 0 radical (unpaired) electrons. The van der Waals surface area contributed by atoms with E-state index in [2.05, 4.69) is 4.74 Å². The molecule has 0 aliphatic carbocycles. The first kappa shape index (κ1) is 23.5. The summed E-state index contributed by atoms with van der Waals surface area (Å²) in [7, 11) is 0. The Morgan fingerprint density at radius 3 is 2.37 bits per heavy atom. The van der Waals surface area contributed by atoms with Crippen LogP contribution in [0.25, 0.3) is 5.76 Å². The van der Waals surface area contributed by atoms with Crippen LogP contribution in [0.3, 0.4) is 0 Å². The van der Waals surface area contributed by atoms with Gasteiger partial charge in [0.2, 0.25) is 0 Å². The van der Waals surface area contributed by atoms with Crippen molar-refractivity contribution in [2.45, 2.75) is 19.3 Å². The number of Topliss-reactive ketones (excluding diaryl/α,β-unsaturated/α-hetero) is 1. The van der Waals surface area contributed by atoms with Crippen molar-refractivity contribution >= 4 is 28.8 Å². The lowest BCUT2D eigenvalue weighted by Gasteiger charge is -2.23. The molecular weight excluding hydrogens is 473 g/mol. The third-order valence-corrected chi connectivity index (χ3v) is 5.15. The van der Waals surface area contributed by atoms with E-state index in [4.69, 9.17) is 4.42 Å². The number of amides is 1. The Morgan fingerprint density at radius 1 is 1.11 bits per heavy atom. The van der Waals surface area contributed by atoms with Crippen LogP contribution >= 0.6 is 0 Å². The predicted octanol–water partition coefficient (Wildman–Crippen LogP) is 5.02. The number of aliphatic hydroxyl groups excluding tert-OH is 1. The smallest absolute Gasteiger partial charge is 0.507 e. The van der Waals surface area contributed by atoms with Crippen LogP contribution in [0.15, 0.2) is 70.7 Å². The second-order valence-corrected chi connectivity index (χ2v) is 7.47. The van der Waals surface area contributed by atoms with E-state index in [0.29, 0.717) is 5.76 Å². The van der Waals surface area contributed by atoms with Crippen molar-refractivity contribution in [1.82, 2.24) is 0 Å². The summed E-state index contributed by atoms with van der Waals surface area (Å²) in [6, 6.07) is 10.8. The van der Waals surface area contributed by atoms with E-state index in [-0.39, 0.29) is 22.7 Å². The average molecular weight is 488 g/mol. The summed E-state index contributed by atoms with van der Waals surface area (Å²) in [5.74, 6) is -2.89. The van der Waals surface area contributed by atoms with Gasteiger partial charge < -0.3 is 14.3 Å². The summed E-state index contributed by atoms with van der Waals surface area (Å²) >= 11 is 0. The van der Waals surface area contributed by atoms with Crippen molar-refractivity contribution in [3.8, 4) is 5.75 Å². The van der Waals surface area contributed by atoms with Crippen LogP contribution in [0.1, 0.15) is 23.1 Å². The van der Waals surface area contributed by atoms with Crippen molar-refractivity contribution in [3.63, 3.8) is 0 Å². The molecule has 1 saturated heterocycles. The van der Waals surface area contributed by atoms with Gasteiger partial charge in [-0.25, -0.2) is 0 Å². The Kier molecular flexibility index (Phi) is 5.81. The van der Waals surface area contributed by atoms with Crippen LogP contribution in [0.5, 0.6) is 5.75 Å². The van der Waals surface area contributed by atoms with E-state index in [0.717, 1.165) is 35.2 Å². The molecule has 1 atom stereocenters. The first-order valence-electron chi connectivity index (χ1n) is 9.94. The lowest BCUT2D eigenvalue weighted by Crippen LogP contribution is -2.29. The molecule has 2 aromatic carbocycles. The molecule has 3 aromatic rings. The van der Waals surface area contributed by atoms with E-state index in [9.17, 15) is 38.0 Å². The van der Waals surface area contributed by atoms with Gasteiger partial charge in [0, 0.05) is 23.4 Å². The number of carbonyl (C=O) groups excluding carboxylic acids is 2. The topological polar surface area (TPSA) is 123 Å². The second kappa shape index (κ2) is 8.63. The number of aliphatic hydroxyl groups is 1. The fourth-order valence-electron chi connectivity index (χ4n) is 3.70. The quantitative estimate of drug-likeness (QED) is 0.176. The molecular formula is C23H15F3N2O7. The fourth-order valence-corrected chi connectivity index (χ4v) is 3.70. The molecule has 1 amide bonds. The Hall–Kier alpha value is -4.61. The van der Waals surface area contributed by atoms with Crippen molar-refractivity contribution < 1.29 is 41.9 Å². The Bertz CT molecular complexity index is 1360. The molecule has 1 aromatic heterocycles. The van der Waals surface area contributed by atoms with Crippen molar-refractivity contribution in [2.24, 2.45) is 0 Å². The Balaban J connectivity index is 1.85. The molecule has 1 unspecified atom stereocenters. The third kappa shape index (κ3) is 4.58. The number of rotatable bonds is 5. The zero-order valence-corrected chi connectivity index (χ0v) is 17.8. The summed E-state index contributed by atoms with van der Waals surface area (Å²) in [6.45, 7) is 1.61. The number of nitrogens with zero attached hydrogens (tertiary/aromatic N) is 2. The summed E-state index contributed by atoms with van der Waals surface area (Å²) in [6.07, 6.45) is -4.92. The van der Waals surface area contributed by atoms with Crippen LogP contribution in [0, 0.1) is 17.0 Å². The minimum absolute atomic E-state index is 0.0266. The molecule has 9 nitrogen and oxygen atoms in total. The van der Waals surface area contributed by atoms with Crippen LogP contribution < -0.4 is 9.64 Å². The number of hydrogen-bond acceptors (Lipinski definition) is 7. The average Bonchev–Trinajstić information content (AvgIpc) is 3.34. The molecule has 0 bridgehead atoms. The van der Waals surface area contributed by atoms with Gasteiger partial charge in [-0.3, -0.25) is 24.6 Å². The maximum Gasteiger partial charge on any atom is 0.573 e. The fraction of sp³-hybridized carbons (Fsp3) is 0.130. The van der Waals surface area contributed by atoms with E-state index in [1.54, 1.807) is 13.0 Å². The molecule has 0 spiro atoms. The zero-order valence-electron chi connectivity index (χ0n) is 17.8. The number of halogens is 3. The van der Waals surface area contributed by atoms with Gasteiger partial charge in [-0.15, -0.1) is 13.2 Å². The van der Waals surface area contributed by atoms with Gasteiger partial charge in [0.15, 0.2) is 0 Å². The summed E-state index contributed by atoms with van der Waals surface area (Å²) < 4.78 is 47.0. The number of nitro groups is 1. The SMILES string of the molecule is Cc1ccc(C2/C(=C(/O)c3cccc([N+](=O)[O-])c3)C(=O)C(=O)N2c2ccc(OC(F)(F)F)cc2)o1. The summed E-state index contributed by atoms with van der Waals surface area (Å²) in [5, 5.41) is 22.1. The van der Waals surface area contributed by atoms with Crippen LogP contribution in [0.4, 0.5) is 24.5 Å². The molecule has 1 N–H and O–H groups in total. The van der Waals surface area contributed by atoms with Gasteiger partial charge in [-0.05, 0) is 43.3 Å². The van der Waals surface area contributed by atoms with Crippen LogP contribution in [-0.2, 0) is 9.59 Å². The maximum absolute atomic E-state index is 13.0. The first-order chi connectivity index (χ1) is 16.5. The number of hydrogen-bond donors (Lipinski definition) is 1. The first-order valence-corrected chi connectivity index (χ1v) is 9.94. The molecule has 35 heavy (non-hydrogen) atoms. The number of alkyl halides is 3. The standard InChI is InChI=1S/C23H15F3N2O7/c1-12-5-10-17(34-12)19-18(20(29)13-3-2-4-15(11-13)28(32)33)21(30)22(31)27(19)14-6-8-16(9-7-14)35-23(24,25)26/h2-11,19,29H,1H3/b20-18-. The van der Waals surface area contributed by atoms with Gasteiger partial charge in [0.05, 0.1) is 10.5 Å². The molecule has 0 saturated carbocycles. The van der Waals surface area contributed by atoms with Crippen LogP contribution in [-0.4, -0.2) is 28.1 Å². The molecule has 1 aliphatic heterocycles. The molecule has 180 valence electrons. The highest BCUT2D eigenvalue weighted by Crippen LogP contribution is 2.43. The van der Waals surface area contributed by atoms with Crippen molar-refractivity contribution in [3.05, 3.63) is 93.4 Å². The maximum atomic E-state index is 13.0. The number of ether oxygens (including phenoxy) is 1. The zero-order chi connectivity index (χ0) is 25.5. The summed E-state index contributed by atoms with van der Waals surface area (Å²) in [4.78, 5) is 37.4. The van der Waals surface area contributed by atoms with Gasteiger partial charge in [0.1, 0.15) is 29.1 Å². The number of aryl methyl sites for hydroxylation is 1. The predicted molar refractivity (Wildman–Crippen MR) is 114 cm³/mol. The van der Waals surface area contributed by atoms with E-state index < -0.39 is 46.1 Å². The number of non-ortho nitro benzene ring substituents is 1. The van der Waals surface area contributed by atoms with E-state index >= 15 is 0 Å². The van der Waals surface area contributed by atoms with Crippen LogP contribution in [0.2, 0.25) is 0 Å². The monoisotopic (exact) mass is 488 g/mol. The van der Waals surface area contributed by atoms with E-state index in [1.165, 1.54) is 24.3 Å². The number of benzene rings is 2. The summed E-state index contributed by atoms with van der Waals surface area (Å²) in [5.41, 5.74) is -0.812. The number of furan rings is 1. The van der Waals surface area contributed by atoms with Gasteiger partial charge in [0.25, 0.3) is 17.4 Å². The molecule has 2 heterocycles. The highest BCUT2D eigenvalue weighted by atomic mass is 19.4. The van der Waals surface area contributed by atoms with Gasteiger partial charge >= 0.3 is 6.36 Å². The van der Waals surface area contributed by atoms with Crippen molar-refractivity contribution in [2.75, 3.05) is 4.90 Å². The number of ketones is 1. The normalized spacial score (nSPS) is 17.6. The molecule has 1 aliphatic rings. The molecule has 12 heteroatoms. The lowest BCUT2D eigenvalue weighted by molar-refractivity contribution is -0.384. The third-order valence-electron chi connectivity index (χ3n) is 5.15. The minimum Gasteiger partial charge on any atom is -0.507 e. The lowest BCUT2D eigenvalue weighted by atomic mass is 9.99. The second-order valence-electron chi connectivity index (χ2n) is 7.47. The number of nitro benzene ring substituents is 1. The molecule has 4 rings (SSSR count). The van der Waals surface area contributed by atoms with E-state index in [1.807, 2.05) is 0 Å². The Labute approximate surface area is 194 Å². The molecule has 1 fully saturated rings. The van der Waals surface area contributed by atoms with Crippen molar-refractivity contribution in [1.29, 1.82) is 0 Å². The highest BCUT2D eigenvalue weighted by molar-refractivity contribution is 6.51. The number of anilines is 1. The van der Waals surface area contributed by atoms with Gasteiger partial charge in [-0.2, -0.15) is 0 Å². The minimum atomic E-state index is -4.92. The highest BCUT2D eigenvalue weighted by Gasteiger charge is 2.48.